The predicted octanol–water partition coefficient (Wildman–Crippen LogP) is 6.47. The number of ether oxygens (including phenoxy) is 14. The lowest BCUT2D eigenvalue weighted by Gasteiger charge is -2.34. The van der Waals surface area contributed by atoms with Gasteiger partial charge < -0.3 is 102 Å². The fourth-order valence-corrected chi connectivity index (χ4v) is 7.83. The van der Waals surface area contributed by atoms with Crippen LogP contribution in [0.5, 0.6) is 34.5 Å². The zero-order valence-electron chi connectivity index (χ0n) is 58.4. The number of hydrogen-bond donors (Lipinski definition) is 5. The number of carbonyl (C=O) groups excluding carboxylic acids is 9. The quantitative estimate of drug-likeness (QED) is 0.0161. The first kappa shape index (κ1) is 87.2. The van der Waals surface area contributed by atoms with E-state index >= 15 is 0 Å². The molecule has 570 valence electrons. The summed E-state index contributed by atoms with van der Waals surface area (Å²) in [5.41, 5.74) is 2.02. The normalized spacial score (nSPS) is 14.2. The molecule has 6 aromatic carbocycles. The van der Waals surface area contributed by atoms with E-state index in [0.29, 0.717) is 34.5 Å². The van der Waals surface area contributed by atoms with Crippen LogP contribution in [0.3, 0.4) is 0 Å². The van der Waals surface area contributed by atoms with Crippen molar-refractivity contribution >= 4 is 59.7 Å². The summed E-state index contributed by atoms with van der Waals surface area (Å²) in [6.07, 6.45) is -4.31. The van der Waals surface area contributed by atoms with E-state index in [-0.39, 0.29) is 121 Å². The summed E-state index contributed by atoms with van der Waals surface area (Å²) in [6, 6.07) is 36.0. The van der Waals surface area contributed by atoms with Crippen molar-refractivity contribution in [3.8, 4) is 34.5 Å². The summed E-state index contributed by atoms with van der Waals surface area (Å²) in [4.78, 5) is 116. The Morgan fingerprint density at radius 1 is 0.449 bits per heavy atom. The molecule has 107 heavy (non-hydrogen) atoms. The van der Waals surface area contributed by atoms with Crippen molar-refractivity contribution in [2.75, 3.05) is 66.1 Å². The number of rotatable bonds is 35. The molecule has 7 N–H and O–H groups in total. The third kappa shape index (κ3) is 30.6. The Kier molecular flexibility index (Phi) is 35.7. The molecule has 0 amide bonds. The fraction of sp³-hybridized carbons (Fsp3) is 0.263. The molecule has 6 unspecified atom stereocenters. The van der Waals surface area contributed by atoms with Crippen molar-refractivity contribution in [1.82, 2.24) is 0 Å². The van der Waals surface area contributed by atoms with E-state index in [4.69, 9.17) is 71.4 Å². The van der Waals surface area contributed by atoms with Gasteiger partial charge in [0.25, 0.3) is 0 Å². The van der Waals surface area contributed by atoms with E-state index in [1.54, 1.807) is 36.4 Å². The summed E-state index contributed by atoms with van der Waals surface area (Å²) in [7, 11) is 0. The maximum Gasteiger partial charge on any atom is 0.338 e. The van der Waals surface area contributed by atoms with Crippen LogP contribution >= 0.6 is 0 Å². The van der Waals surface area contributed by atoms with Crippen molar-refractivity contribution in [1.29, 1.82) is 0 Å². The summed E-state index contributed by atoms with van der Waals surface area (Å²) >= 11 is 0. The van der Waals surface area contributed by atoms with Gasteiger partial charge in [-0.05, 0) is 167 Å². The summed E-state index contributed by atoms with van der Waals surface area (Å²) in [5.74, 6) is -6.76. The second-order valence-corrected chi connectivity index (χ2v) is 22.7. The van der Waals surface area contributed by atoms with Crippen LogP contribution in [-0.4, -0.2) is 187 Å². The topological polar surface area (TPSA) is 456 Å². The number of aromatic carboxylic acids is 1. The van der Waals surface area contributed by atoms with Gasteiger partial charge in [-0.25, -0.2) is 47.9 Å². The second-order valence-electron chi connectivity index (χ2n) is 22.7. The van der Waals surface area contributed by atoms with Gasteiger partial charge in [-0.3, -0.25) is 0 Å². The van der Waals surface area contributed by atoms with E-state index in [0.717, 1.165) is 6.08 Å². The summed E-state index contributed by atoms with van der Waals surface area (Å²) < 4.78 is 72.0. The largest absolute Gasteiger partial charge is 0.803 e. The van der Waals surface area contributed by atoms with Gasteiger partial charge in [0.15, 0.2) is 6.10 Å². The minimum absolute atomic E-state index is 0. The first-order chi connectivity index (χ1) is 50.3. The Morgan fingerprint density at radius 2 is 0.738 bits per heavy atom. The van der Waals surface area contributed by atoms with E-state index < -0.39 is 103 Å². The van der Waals surface area contributed by atoms with Crippen molar-refractivity contribution in [2.24, 2.45) is 0 Å². The van der Waals surface area contributed by atoms with Crippen LogP contribution in [0.25, 0.3) is 0 Å². The zero-order chi connectivity index (χ0) is 78.0. The molecule has 0 spiro atoms. The molecule has 1 saturated heterocycles. The fourth-order valence-electron chi connectivity index (χ4n) is 7.83. The van der Waals surface area contributed by atoms with Crippen molar-refractivity contribution in [3.63, 3.8) is 0 Å². The molecule has 31 nitrogen and oxygen atoms in total. The Hall–Kier alpha value is -12.2. The first-order valence-electron chi connectivity index (χ1n) is 31.7. The average molecular weight is 1490 g/mol. The number of aliphatic hydroxyl groups is 4. The minimum Gasteiger partial charge on any atom is -0.803 e. The number of aliphatic hydroxyl groups excluding tert-OH is 4. The molecular weight excluding hydrogens is 1410 g/mol. The molecule has 0 radical (unpaired) electrons. The van der Waals surface area contributed by atoms with Crippen LogP contribution in [0.1, 0.15) is 85.0 Å². The van der Waals surface area contributed by atoms with Crippen LogP contribution in [0.2, 0.25) is 0 Å². The van der Waals surface area contributed by atoms with Gasteiger partial charge in [0, 0.05) is 28.4 Å². The molecule has 1 aliphatic rings. The Balaban J connectivity index is 0.000000342. The van der Waals surface area contributed by atoms with Crippen molar-refractivity contribution in [3.05, 3.63) is 240 Å². The maximum atomic E-state index is 12.9. The van der Waals surface area contributed by atoms with E-state index in [1.165, 1.54) is 137 Å². The molecule has 0 aromatic heterocycles. The molecule has 1 fully saturated rings. The van der Waals surface area contributed by atoms with E-state index in [2.05, 4.69) is 32.9 Å². The maximum absolute atomic E-state index is 12.9. The van der Waals surface area contributed by atoms with Crippen LogP contribution in [-0.2, 0) is 82.1 Å². The van der Waals surface area contributed by atoms with Crippen LogP contribution in [0.15, 0.2) is 207 Å². The molecule has 31 heteroatoms. The number of carboxylic acids is 1. The monoisotopic (exact) mass is 1490 g/mol. The Morgan fingerprint density at radius 3 is 1.04 bits per heavy atom. The first-order valence-corrected chi connectivity index (χ1v) is 31.7. The molecule has 0 aliphatic carbocycles. The number of carboxylic acid groups (broad SMARTS) is 1. The number of benzene rings is 6. The molecule has 6 aromatic rings. The Labute approximate surface area is 612 Å². The molecular formula is C76H79O31-. The third-order valence-corrected chi connectivity index (χ3v) is 13.4. The highest BCUT2D eigenvalue weighted by Gasteiger charge is 2.34. The molecule has 7 rings (SSSR count). The van der Waals surface area contributed by atoms with Gasteiger partial charge in [0.2, 0.25) is 0 Å². The SMILES string of the molecule is C=C(C)C(=O)OCC(O)COC(=O)c1ccc(Oc2ccc(C(=O)O)cc2)cc1.C=C(C)C(=O)OCC(O)COC(=O)c1ccc(Oc2ccc(C3([O-])OCC(COC(=O)C(=C)C)O3)cc2)cc1.C=CC(=O)OCC(CO)OC(=O)c1ccc(Oc2ccc(C(=O)OCC(O)COC(=O)C(=C)C)cc2)cc1.O. The van der Waals surface area contributed by atoms with Crippen LogP contribution in [0, 0.1) is 0 Å². The van der Waals surface area contributed by atoms with Crippen LogP contribution in [0.4, 0.5) is 0 Å². The van der Waals surface area contributed by atoms with Gasteiger partial charge in [0.1, 0.15) is 118 Å². The molecule has 0 bridgehead atoms. The lowest BCUT2D eigenvalue weighted by atomic mass is 10.2. The second kappa shape index (κ2) is 43.8. The standard InChI is InChI=1S/C28H29O11.C27H28O11.C21H20O8.H2O/c1-17(2)25(30)34-13-21(29)14-35-27(32)19-5-9-22(10-6-19)38-23-11-7-20(8-12-23)28(33)37-16-24(39-28)15-36-26(31)18(3)4;1-4-24(30)34-16-23(13-28)38-27(33)19-7-11-22(12-8-19)37-21-9-5-18(6-10-21)26(32)36-15-20(29)14-35-25(31)17(2)3;1-13(2)20(25)27-11-16(22)12-28-21(26)15-5-9-18(10-6-15)29-17-7-3-14(4-8-17)19(23)24;/h5-12,21,24,29H,1,3,13-16H2,2,4H3;4-12,20,23,28-29H,1-2,13-16H2,3H3;3-10,16,22H,1,11-12H2,2H3,(H,23,24);1H2/q-1;;;. The van der Waals surface area contributed by atoms with Gasteiger partial charge >= 0.3 is 59.7 Å². The van der Waals surface area contributed by atoms with Crippen molar-refractivity contribution in [2.45, 2.75) is 64.2 Å². The summed E-state index contributed by atoms with van der Waals surface area (Å²) in [5, 5.41) is 60.4. The van der Waals surface area contributed by atoms with Gasteiger partial charge in [-0.15, -0.1) is 0 Å². The van der Waals surface area contributed by atoms with E-state index in [1.807, 2.05) is 0 Å². The predicted molar refractivity (Wildman–Crippen MR) is 371 cm³/mol. The minimum atomic E-state index is -2.25. The van der Waals surface area contributed by atoms with Crippen molar-refractivity contribution < 1.29 is 150 Å². The highest BCUT2D eigenvalue weighted by molar-refractivity contribution is 5.92. The third-order valence-electron chi connectivity index (χ3n) is 13.4. The summed E-state index contributed by atoms with van der Waals surface area (Å²) in [6.45, 7) is 19.9. The van der Waals surface area contributed by atoms with Gasteiger partial charge in [-0.2, -0.15) is 0 Å². The molecule has 0 saturated carbocycles. The average Bonchev–Trinajstić information content (AvgIpc) is 1.67. The highest BCUT2D eigenvalue weighted by atomic mass is 16.9. The Bertz CT molecular complexity index is 4050. The smallest absolute Gasteiger partial charge is 0.338 e. The highest BCUT2D eigenvalue weighted by Crippen LogP contribution is 2.32. The zero-order valence-corrected chi connectivity index (χ0v) is 58.4. The van der Waals surface area contributed by atoms with Crippen LogP contribution < -0.4 is 19.3 Å². The van der Waals surface area contributed by atoms with Gasteiger partial charge in [-0.1, -0.05) is 45.0 Å². The lowest BCUT2D eigenvalue weighted by Crippen LogP contribution is -2.42. The molecule has 1 aliphatic heterocycles. The van der Waals surface area contributed by atoms with E-state index in [9.17, 15) is 73.5 Å². The number of esters is 9. The molecule has 6 atom stereocenters. The number of hydrogen-bond acceptors (Lipinski definition) is 29. The van der Waals surface area contributed by atoms with Gasteiger partial charge in [0.05, 0.1) is 41.0 Å². The lowest BCUT2D eigenvalue weighted by molar-refractivity contribution is -0.629. The number of carbonyl (C=O) groups is 10. The molecule has 1 heterocycles.